The lowest BCUT2D eigenvalue weighted by atomic mass is 10.1. The first-order chi connectivity index (χ1) is 8.24. The third kappa shape index (κ3) is 2.37. The number of nitro benzene ring substituents is 1. The van der Waals surface area contributed by atoms with Gasteiger partial charge < -0.3 is 5.11 Å². The van der Waals surface area contributed by atoms with Crippen LogP contribution >= 0.6 is 11.8 Å². The zero-order valence-electron chi connectivity index (χ0n) is 8.87. The van der Waals surface area contributed by atoms with Crippen LogP contribution in [0.2, 0.25) is 0 Å². The zero-order valence-corrected chi connectivity index (χ0v) is 9.68. The largest absolute Gasteiger partial charge is 0.396 e. The Hall–Kier alpha value is -1.66. The van der Waals surface area contributed by atoms with Crippen LogP contribution in [0.3, 0.4) is 0 Å². The number of aliphatic hydroxyl groups excluding tert-OH is 1. The molecule has 1 N–H and O–H groups in total. The minimum absolute atomic E-state index is 0.0569. The Morgan fingerprint density at radius 2 is 2.18 bits per heavy atom. The smallest absolute Gasteiger partial charge is 0.278 e. The Morgan fingerprint density at radius 1 is 1.35 bits per heavy atom. The highest BCUT2D eigenvalue weighted by molar-refractivity contribution is 7.99. The van der Waals surface area contributed by atoms with Crippen molar-refractivity contribution in [3.63, 3.8) is 0 Å². The number of nitrogens with zero attached hydrogens (tertiary/aromatic N) is 2. The van der Waals surface area contributed by atoms with Crippen LogP contribution in [0.15, 0.2) is 35.5 Å². The number of aliphatic hydroxyl groups is 1. The van der Waals surface area contributed by atoms with E-state index in [4.69, 9.17) is 5.11 Å². The van der Waals surface area contributed by atoms with Crippen molar-refractivity contribution in [2.75, 3.05) is 12.4 Å². The highest BCUT2D eigenvalue weighted by atomic mass is 32.2. The number of hydrogen-bond acceptors (Lipinski definition) is 5. The molecule has 0 aliphatic rings. The first-order valence-electron chi connectivity index (χ1n) is 4.99. The SMILES string of the molecule is O=[N+]([O-])c1ccc(SCCO)c2ccncc12. The summed E-state index contributed by atoms with van der Waals surface area (Å²) in [4.78, 5) is 15.3. The number of nitro groups is 1. The summed E-state index contributed by atoms with van der Waals surface area (Å²) in [5, 5.41) is 21.0. The molecule has 0 saturated heterocycles. The van der Waals surface area contributed by atoms with Crippen molar-refractivity contribution in [3.8, 4) is 0 Å². The molecule has 88 valence electrons. The number of rotatable bonds is 4. The summed E-state index contributed by atoms with van der Waals surface area (Å²) in [6, 6.07) is 4.94. The third-order valence-corrected chi connectivity index (χ3v) is 3.35. The van der Waals surface area contributed by atoms with Gasteiger partial charge >= 0.3 is 0 Å². The summed E-state index contributed by atoms with van der Waals surface area (Å²) in [7, 11) is 0. The minimum Gasteiger partial charge on any atom is -0.396 e. The van der Waals surface area contributed by atoms with Gasteiger partial charge in [-0.05, 0) is 12.1 Å². The molecule has 0 unspecified atom stereocenters. The van der Waals surface area contributed by atoms with E-state index in [1.54, 1.807) is 18.3 Å². The van der Waals surface area contributed by atoms with Crippen molar-refractivity contribution in [2.45, 2.75) is 4.90 Å². The van der Waals surface area contributed by atoms with Crippen molar-refractivity contribution in [3.05, 3.63) is 40.7 Å². The average Bonchev–Trinajstić information content (AvgIpc) is 2.35. The Balaban J connectivity index is 2.58. The maximum absolute atomic E-state index is 10.9. The van der Waals surface area contributed by atoms with E-state index in [0.29, 0.717) is 11.1 Å². The van der Waals surface area contributed by atoms with Gasteiger partial charge in [0, 0.05) is 34.5 Å². The summed E-state index contributed by atoms with van der Waals surface area (Å²) in [5.41, 5.74) is 0.0569. The first-order valence-corrected chi connectivity index (χ1v) is 5.97. The fourth-order valence-electron chi connectivity index (χ4n) is 1.59. The van der Waals surface area contributed by atoms with E-state index in [1.165, 1.54) is 24.0 Å². The number of hydrogen-bond donors (Lipinski definition) is 1. The monoisotopic (exact) mass is 250 g/mol. The molecule has 2 rings (SSSR count). The van der Waals surface area contributed by atoms with Gasteiger partial charge in [-0.1, -0.05) is 0 Å². The molecule has 0 spiro atoms. The van der Waals surface area contributed by atoms with E-state index in [0.717, 1.165) is 10.3 Å². The van der Waals surface area contributed by atoms with E-state index in [-0.39, 0.29) is 12.3 Å². The van der Waals surface area contributed by atoms with Gasteiger partial charge in [0.05, 0.1) is 16.9 Å². The predicted octanol–water partition coefficient (Wildman–Crippen LogP) is 2.23. The van der Waals surface area contributed by atoms with Gasteiger partial charge in [-0.25, -0.2) is 0 Å². The Kier molecular flexibility index (Phi) is 3.55. The molecule has 6 heteroatoms. The molecule has 0 saturated carbocycles. The lowest BCUT2D eigenvalue weighted by Crippen LogP contribution is -1.92. The Bertz CT molecular complexity index is 559. The second kappa shape index (κ2) is 5.11. The van der Waals surface area contributed by atoms with Crippen LogP contribution in [0.25, 0.3) is 10.8 Å². The fourth-order valence-corrected chi connectivity index (χ4v) is 2.40. The molecule has 0 fully saturated rings. The number of thioether (sulfide) groups is 1. The van der Waals surface area contributed by atoms with Crippen LogP contribution in [0.4, 0.5) is 5.69 Å². The van der Waals surface area contributed by atoms with Crippen LogP contribution < -0.4 is 0 Å². The molecule has 1 heterocycles. The van der Waals surface area contributed by atoms with Gasteiger partial charge in [-0.2, -0.15) is 0 Å². The molecule has 2 aromatic rings. The third-order valence-electron chi connectivity index (χ3n) is 2.30. The van der Waals surface area contributed by atoms with Gasteiger partial charge in [0.2, 0.25) is 0 Å². The molecule has 1 aromatic carbocycles. The molecule has 17 heavy (non-hydrogen) atoms. The maximum Gasteiger partial charge on any atom is 0.278 e. The zero-order chi connectivity index (χ0) is 12.3. The van der Waals surface area contributed by atoms with Crippen LogP contribution in [-0.4, -0.2) is 27.4 Å². The van der Waals surface area contributed by atoms with Crippen LogP contribution in [0.5, 0.6) is 0 Å². The average molecular weight is 250 g/mol. The summed E-state index contributed by atoms with van der Waals surface area (Å²) < 4.78 is 0. The molecule has 0 aliphatic carbocycles. The first kappa shape index (κ1) is 11.8. The van der Waals surface area contributed by atoms with E-state index in [9.17, 15) is 10.1 Å². The van der Waals surface area contributed by atoms with Gasteiger partial charge in [0.15, 0.2) is 0 Å². The van der Waals surface area contributed by atoms with Crippen LogP contribution in [-0.2, 0) is 0 Å². The standard InChI is InChI=1S/C11H10N2O3S/c14-5-6-17-11-2-1-10(13(15)16)9-7-12-4-3-8(9)11/h1-4,7,14H,5-6H2. The van der Waals surface area contributed by atoms with Gasteiger partial charge in [0.1, 0.15) is 0 Å². The van der Waals surface area contributed by atoms with Crippen LogP contribution in [0, 0.1) is 10.1 Å². The second-order valence-corrected chi connectivity index (χ2v) is 4.47. The van der Waals surface area contributed by atoms with E-state index in [1.807, 2.05) is 0 Å². The number of fused-ring (bicyclic) bond motifs is 1. The quantitative estimate of drug-likeness (QED) is 0.511. The lowest BCUT2D eigenvalue weighted by molar-refractivity contribution is -0.383. The molecule has 0 amide bonds. The van der Waals surface area contributed by atoms with Crippen molar-refractivity contribution < 1.29 is 10.0 Å². The van der Waals surface area contributed by atoms with E-state index >= 15 is 0 Å². The van der Waals surface area contributed by atoms with Crippen molar-refractivity contribution >= 4 is 28.2 Å². The summed E-state index contributed by atoms with van der Waals surface area (Å²) >= 11 is 1.47. The summed E-state index contributed by atoms with van der Waals surface area (Å²) in [5.74, 6) is 0.565. The Morgan fingerprint density at radius 3 is 2.88 bits per heavy atom. The highest BCUT2D eigenvalue weighted by Gasteiger charge is 2.14. The summed E-state index contributed by atoms with van der Waals surface area (Å²) in [6.45, 7) is 0.0776. The molecule has 5 nitrogen and oxygen atoms in total. The Labute approximate surface area is 102 Å². The fraction of sp³-hybridized carbons (Fsp3) is 0.182. The van der Waals surface area contributed by atoms with Gasteiger partial charge in [-0.15, -0.1) is 11.8 Å². The molecular weight excluding hydrogens is 240 g/mol. The molecule has 0 atom stereocenters. The number of benzene rings is 1. The molecular formula is C11H10N2O3S. The van der Waals surface area contributed by atoms with Crippen molar-refractivity contribution in [1.29, 1.82) is 0 Å². The minimum atomic E-state index is -0.412. The second-order valence-electron chi connectivity index (χ2n) is 3.33. The molecule has 0 aliphatic heterocycles. The maximum atomic E-state index is 10.9. The van der Waals surface area contributed by atoms with Crippen LogP contribution in [0.1, 0.15) is 0 Å². The van der Waals surface area contributed by atoms with Gasteiger partial charge in [-0.3, -0.25) is 15.1 Å². The highest BCUT2D eigenvalue weighted by Crippen LogP contribution is 2.32. The molecule has 1 aromatic heterocycles. The van der Waals surface area contributed by atoms with Crippen molar-refractivity contribution in [1.82, 2.24) is 4.98 Å². The molecule has 0 bridgehead atoms. The number of aromatic nitrogens is 1. The van der Waals surface area contributed by atoms with Crippen molar-refractivity contribution in [2.24, 2.45) is 0 Å². The van der Waals surface area contributed by atoms with E-state index < -0.39 is 4.92 Å². The van der Waals surface area contributed by atoms with E-state index in [2.05, 4.69) is 4.98 Å². The lowest BCUT2D eigenvalue weighted by Gasteiger charge is -2.05. The number of non-ortho nitro benzene ring substituents is 1. The number of pyridine rings is 1. The predicted molar refractivity (Wildman–Crippen MR) is 66.2 cm³/mol. The topological polar surface area (TPSA) is 76.3 Å². The summed E-state index contributed by atoms with van der Waals surface area (Å²) in [6.07, 6.45) is 3.10. The molecule has 0 radical (unpaired) electrons. The van der Waals surface area contributed by atoms with Gasteiger partial charge in [0.25, 0.3) is 5.69 Å². The normalized spacial score (nSPS) is 10.6.